The van der Waals surface area contributed by atoms with Gasteiger partial charge >= 0.3 is 0 Å². The second kappa shape index (κ2) is 7.57. The van der Waals surface area contributed by atoms with Crippen LogP contribution in [0.15, 0.2) is 36.4 Å². The first-order valence-corrected chi connectivity index (χ1v) is 10.7. The highest BCUT2D eigenvalue weighted by Crippen LogP contribution is 2.40. The largest absolute Gasteiger partial charge is 0.390 e. The Morgan fingerprint density at radius 2 is 2.09 bits per heavy atom. The van der Waals surface area contributed by atoms with Crippen LogP contribution in [0.25, 0.3) is 11.3 Å². The number of halogens is 1. The molecule has 2 aromatic carbocycles. The summed E-state index contributed by atoms with van der Waals surface area (Å²) in [6.45, 7) is 4.38. The number of hydrogen-bond acceptors (Lipinski definition) is 4. The zero-order valence-corrected chi connectivity index (χ0v) is 18.0. The Kier molecular flexibility index (Phi) is 4.83. The molecule has 0 saturated carbocycles. The Morgan fingerprint density at radius 3 is 2.84 bits per heavy atom. The maximum Gasteiger partial charge on any atom is 0.219 e. The van der Waals surface area contributed by atoms with Crippen LogP contribution in [0, 0.1) is 24.1 Å². The number of amides is 1. The molecule has 2 aliphatic rings. The molecule has 32 heavy (non-hydrogen) atoms. The van der Waals surface area contributed by atoms with Crippen LogP contribution in [-0.2, 0) is 24.2 Å². The molecule has 2 atom stereocenters. The van der Waals surface area contributed by atoms with E-state index in [1.165, 1.54) is 12.1 Å². The zero-order chi connectivity index (χ0) is 22.6. The third-order valence-electron chi connectivity index (χ3n) is 6.63. The number of hydrogen-bond donors (Lipinski definition) is 1. The number of nitrogens with zero attached hydrogens (tertiary/aromatic N) is 4. The van der Waals surface area contributed by atoms with Crippen molar-refractivity contribution in [2.75, 3.05) is 6.54 Å². The number of carbonyl (C=O) groups excluding carboxylic acids is 1. The van der Waals surface area contributed by atoms with Gasteiger partial charge in [0.1, 0.15) is 11.9 Å². The number of nitriles is 1. The van der Waals surface area contributed by atoms with E-state index in [0.717, 1.165) is 33.5 Å². The lowest BCUT2D eigenvalue weighted by Crippen LogP contribution is -2.35. The van der Waals surface area contributed by atoms with E-state index in [4.69, 9.17) is 5.10 Å². The van der Waals surface area contributed by atoms with Crippen molar-refractivity contribution in [1.29, 1.82) is 5.26 Å². The molecular formula is C25H23FN4O2. The number of carbonyl (C=O) groups is 1. The van der Waals surface area contributed by atoms with Gasteiger partial charge in [-0.15, -0.1) is 0 Å². The van der Waals surface area contributed by atoms with Crippen molar-refractivity contribution in [3.63, 3.8) is 0 Å². The Bertz CT molecular complexity index is 1290. The fraction of sp³-hybridized carbons (Fsp3) is 0.320. The minimum atomic E-state index is -0.723. The van der Waals surface area contributed by atoms with Crippen molar-refractivity contribution in [3.8, 4) is 17.3 Å². The molecule has 0 fully saturated rings. The van der Waals surface area contributed by atoms with Crippen molar-refractivity contribution in [1.82, 2.24) is 14.7 Å². The second-order valence-electron chi connectivity index (χ2n) is 8.61. The van der Waals surface area contributed by atoms with Gasteiger partial charge in [-0.05, 0) is 47.9 Å². The predicted molar refractivity (Wildman–Crippen MR) is 116 cm³/mol. The summed E-state index contributed by atoms with van der Waals surface area (Å²) in [5.41, 5.74) is 6.40. The maximum absolute atomic E-state index is 14.3. The average molecular weight is 430 g/mol. The summed E-state index contributed by atoms with van der Waals surface area (Å²) in [6, 6.07) is 11.9. The van der Waals surface area contributed by atoms with Gasteiger partial charge in [-0.3, -0.25) is 9.48 Å². The van der Waals surface area contributed by atoms with Crippen molar-refractivity contribution in [3.05, 3.63) is 75.7 Å². The molecule has 5 rings (SSSR count). The van der Waals surface area contributed by atoms with Gasteiger partial charge in [0.05, 0.1) is 23.4 Å². The molecule has 0 saturated heterocycles. The molecule has 1 amide bonds. The molecule has 1 aromatic heterocycles. The van der Waals surface area contributed by atoms with Crippen LogP contribution in [0.4, 0.5) is 4.39 Å². The SMILES string of the molecule is CC(=O)N1CCc2c(c(-c3cccc(C#N)c3)nn2C2c3cc(F)cc(C)c3CC2O)C1. The van der Waals surface area contributed by atoms with Crippen LogP contribution in [0.2, 0.25) is 0 Å². The van der Waals surface area contributed by atoms with Crippen molar-refractivity contribution < 1.29 is 14.3 Å². The normalized spacial score (nSPS) is 19.4. The summed E-state index contributed by atoms with van der Waals surface area (Å²) in [5, 5.41) is 25.2. The Morgan fingerprint density at radius 1 is 1.28 bits per heavy atom. The van der Waals surface area contributed by atoms with Crippen LogP contribution in [0.1, 0.15) is 46.5 Å². The molecule has 7 heteroatoms. The van der Waals surface area contributed by atoms with E-state index in [2.05, 4.69) is 6.07 Å². The van der Waals surface area contributed by atoms with E-state index in [9.17, 15) is 19.6 Å². The summed E-state index contributed by atoms with van der Waals surface area (Å²) >= 11 is 0. The fourth-order valence-corrected chi connectivity index (χ4v) is 5.08. The molecule has 2 unspecified atom stereocenters. The molecule has 1 N–H and O–H groups in total. The Hall–Kier alpha value is -3.50. The highest BCUT2D eigenvalue weighted by molar-refractivity contribution is 5.75. The summed E-state index contributed by atoms with van der Waals surface area (Å²) in [7, 11) is 0. The molecule has 162 valence electrons. The molecule has 1 aliphatic heterocycles. The Labute approximate surface area is 185 Å². The smallest absolute Gasteiger partial charge is 0.219 e. The molecule has 6 nitrogen and oxygen atoms in total. The van der Waals surface area contributed by atoms with Gasteiger partial charge in [0, 0.05) is 49.7 Å². The van der Waals surface area contributed by atoms with Crippen molar-refractivity contribution >= 4 is 5.91 Å². The van der Waals surface area contributed by atoms with E-state index in [1.54, 1.807) is 24.0 Å². The summed E-state index contributed by atoms with van der Waals surface area (Å²) in [5.74, 6) is -0.338. The number of benzene rings is 2. The van der Waals surface area contributed by atoms with Crippen molar-refractivity contribution in [2.24, 2.45) is 0 Å². The van der Waals surface area contributed by atoms with Gasteiger partial charge in [0.15, 0.2) is 0 Å². The minimum Gasteiger partial charge on any atom is -0.390 e. The van der Waals surface area contributed by atoms with Gasteiger partial charge in [-0.1, -0.05) is 12.1 Å². The van der Waals surface area contributed by atoms with Crippen LogP contribution in [0.5, 0.6) is 0 Å². The van der Waals surface area contributed by atoms with E-state index in [1.807, 2.05) is 23.7 Å². The highest BCUT2D eigenvalue weighted by atomic mass is 19.1. The lowest BCUT2D eigenvalue weighted by molar-refractivity contribution is -0.129. The third kappa shape index (κ3) is 3.19. The molecule has 2 heterocycles. The van der Waals surface area contributed by atoms with Crippen LogP contribution in [-0.4, -0.2) is 38.3 Å². The molecule has 3 aromatic rings. The predicted octanol–water partition coefficient (Wildman–Crippen LogP) is 3.28. The molecular weight excluding hydrogens is 407 g/mol. The summed E-state index contributed by atoms with van der Waals surface area (Å²) < 4.78 is 16.1. The molecule has 0 radical (unpaired) electrons. The number of aryl methyl sites for hydroxylation is 1. The summed E-state index contributed by atoms with van der Waals surface area (Å²) in [4.78, 5) is 13.9. The van der Waals surface area contributed by atoms with E-state index in [-0.39, 0.29) is 11.7 Å². The maximum atomic E-state index is 14.3. The van der Waals surface area contributed by atoms with E-state index in [0.29, 0.717) is 37.2 Å². The van der Waals surface area contributed by atoms with Crippen LogP contribution < -0.4 is 0 Å². The number of rotatable bonds is 2. The first kappa shape index (κ1) is 20.4. The number of aliphatic hydroxyl groups excluding tert-OH is 1. The van der Waals surface area contributed by atoms with Crippen LogP contribution >= 0.6 is 0 Å². The number of aliphatic hydroxyl groups is 1. The number of fused-ring (bicyclic) bond motifs is 2. The van der Waals surface area contributed by atoms with Gasteiger partial charge in [0.25, 0.3) is 0 Å². The standard InChI is InChI=1S/C25H23FN4O2/c1-14-8-18(26)10-20-19(14)11-23(32)25(20)30-22-6-7-29(15(2)31)13-21(22)24(28-30)17-5-3-4-16(9-17)12-27/h3-5,8-10,23,25,32H,6-7,11,13H2,1-2H3. The molecule has 0 spiro atoms. The third-order valence-corrected chi connectivity index (χ3v) is 6.63. The Balaban J connectivity index is 1.70. The van der Waals surface area contributed by atoms with Crippen LogP contribution in [0.3, 0.4) is 0 Å². The topological polar surface area (TPSA) is 82.2 Å². The lowest BCUT2D eigenvalue weighted by atomic mass is 9.99. The molecule has 1 aliphatic carbocycles. The first-order chi connectivity index (χ1) is 15.4. The zero-order valence-electron chi connectivity index (χ0n) is 18.0. The monoisotopic (exact) mass is 430 g/mol. The first-order valence-electron chi connectivity index (χ1n) is 10.7. The van der Waals surface area contributed by atoms with E-state index < -0.39 is 12.1 Å². The van der Waals surface area contributed by atoms with E-state index >= 15 is 0 Å². The van der Waals surface area contributed by atoms with Crippen molar-refractivity contribution in [2.45, 2.75) is 45.4 Å². The number of aromatic nitrogens is 2. The quantitative estimate of drug-likeness (QED) is 0.677. The lowest BCUT2D eigenvalue weighted by Gasteiger charge is -2.28. The minimum absolute atomic E-state index is 0.0101. The second-order valence-corrected chi connectivity index (χ2v) is 8.61. The van der Waals surface area contributed by atoms with Gasteiger partial charge in [-0.25, -0.2) is 4.39 Å². The van der Waals surface area contributed by atoms with Gasteiger partial charge in [0.2, 0.25) is 5.91 Å². The van der Waals surface area contributed by atoms with Gasteiger partial charge in [-0.2, -0.15) is 10.4 Å². The summed E-state index contributed by atoms with van der Waals surface area (Å²) in [6.07, 6.45) is 0.311. The van der Waals surface area contributed by atoms with Gasteiger partial charge < -0.3 is 10.0 Å². The average Bonchev–Trinajstić information content (AvgIpc) is 3.30. The highest BCUT2D eigenvalue weighted by Gasteiger charge is 2.38. The molecule has 0 bridgehead atoms. The fourth-order valence-electron chi connectivity index (χ4n) is 5.08.